The van der Waals surface area contributed by atoms with Crippen LogP contribution >= 0.6 is 0 Å². The van der Waals surface area contributed by atoms with Crippen molar-refractivity contribution in [2.24, 2.45) is 0 Å². The van der Waals surface area contributed by atoms with E-state index in [1.807, 2.05) is 18.2 Å². The molecule has 2 aromatic heterocycles. The van der Waals surface area contributed by atoms with Gasteiger partial charge in [0.05, 0.1) is 22.2 Å². The number of hydrogen-bond donors (Lipinski definition) is 1. The molecule has 144 valence electrons. The quantitative estimate of drug-likeness (QED) is 0.421. The number of phenolic OH excluding ortho intramolecular Hbond substituents is 1. The van der Waals surface area contributed by atoms with E-state index in [1.165, 1.54) is 12.1 Å². The van der Waals surface area contributed by atoms with Gasteiger partial charge in [0, 0.05) is 18.3 Å². The summed E-state index contributed by atoms with van der Waals surface area (Å²) in [7, 11) is 0. The van der Waals surface area contributed by atoms with Gasteiger partial charge in [-0.25, -0.2) is 9.97 Å². The molecule has 0 amide bonds. The van der Waals surface area contributed by atoms with E-state index in [0.29, 0.717) is 53.0 Å². The lowest BCUT2D eigenvalue weighted by Gasteiger charge is -2.19. The molecule has 0 fully saturated rings. The molecule has 5 rings (SSSR count). The summed E-state index contributed by atoms with van der Waals surface area (Å²) in [5.41, 5.74) is 2.06. The SMILES string of the molecule is O=[N+]([O-])c1ccc(-c2nc3cccnc3n2-c2ccc3c(c2)OCCO3)c(O)c1. The molecule has 0 saturated carbocycles. The van der Waals surface area contributed by atoms with E-state index in [4.69, 9.17) is 9.47 Å². The maximum Gasteiger partial charge on any atom is 0.273 e. The predicted octanol–water partition coefficient (Wildman–Crippen LogP) is 3.47. The third-order valence-corrected chi connectivity index (χ3v) is 4.63. The number of aromatic nitrogens is 3. The van der Waals surface area contributed by atoms with Crippen LogP contribution in [-0.2, 0) is 0 Å². The van der Waals surface area contributed by atoms with Gasteiger partial charge in [-0.15, -0.1) is 0 Å². The van der Waals surface area contributed by atoms with E-state index in [-0.39, 0.29) is 11.4 Å². The van der Waals surface area contributed by atoms with Gasteiger partial charge in [0.1, 0.15) is 24.5 Å². The van der Waals surface area contributed by atoms with Gasteiger partial charge in [-0.3, -0.25) is 14.7 Å². The monoisotopic (exact) mass is 390 g/mol. The third-order valence-electron chi connectivity index (χ3n) is 4.63. The zero-order valence-corrected chi connectivity index (χ0v) is 15.0. The van der Waals surface area contributed by atoms with Crippen molar-refractivity contribution < 1.29 is 19.5 Å². The Hall–Kier alpha value is -4.14. The smallest absolute Gasteiger partial charge is 0.273 e. The molecule has 3 heterocycles. The second-order valence-corrected chi connectivity index (χ2v) is 6.40. The lowest BCUT2D eigenvalue weighted by Crippen LogP contribution is -2.15. The fourth-order valence-corrected chi connectivity index (χ4v) is 3.33. The second kappa shape index (κ2) is 6.48. The van der Waals surface area contributed by atoms with Crippen molar-refractivity contribution in [3.63, 3.8) is 0 Å². The number of aromatic hydroxyl groups is 1. The fraction of sp³-hybridized carbons (Fsp3) is 0.100. The molecule has 1 N–H and O–H groups in total. The highest BCUT2D eigenvalue weighted by Gasteiger charge is 2.21. The summed E-state index contributed by atoms with van der Waals surface area (Å²) >= 11 is 0. The van der Waals surface area contributed by atoms with E-state index in [2.05, 4.69) is 9.97 Å². The van der Waals surface area contributed by atoms with Crippen LogP contribution in [0.25, 0.3) is 28.2 Å². The van der Waals surface area contributed by atoms with Crippen molar-refractivity contribution in [2.45, 2.75) is 0 Å². The molecule has 0 unspecified atom stereocenters. The zero-order chi connectivity index (χ0) is 20.0. The summed E-state index contributed by atoms with van der Waals surface area (Å²) in [4.78, 5) is 19.5. The summed E-state index contributed by atoms with van der Waals surface area (Å²) in [6.07, 6.45) is 1.65. The van der Waals surface area contributed by atoms with Crippen molar-refractivity contribution in [1.82, 2.24) is 14.5 Å². The number of ether oxygens (including phenoxy) is 2. The Bertz CT molecular complexity index is 1270. The van der Waals surface area contributed by atoms with Crippen molar-refractivity contribution in [3.8, 4) is 34.3 Å². The summed E-state index contributed by atoms with van der Waals surface area (Å²) in [6.45, 7) is 0.944. The number of non-ortho nitro benzene ring substituents is 1. The molecule has 1 aliphatic heterocycles. The Morgan fingerprint density at radius 2 is 1.90 bits per heavy atom. The summed E-state index contributed by atoms with van der Waals surface area (Å²) in [5.74, 6) is 1.42. The molecule has 0 aliphatic carbocycles. The third kappa shape index (κ3) is 2.80. The minimum atomic E-state index is -0.561. The standard InChI is InChI=1S/C20H14N4O5/c25-16-10-13(24(26)27)3-5-14(16)19-22-15-2-1-7-21-20(15)23(19)12-4-6-17-18(11-12)29-9-8-28-17/h1-7,10-11,25H,8-9H2. The topological polar surface area (TPSA) is 113 Å². The molecular formula is C20H14N4O5. The molecule has 0 radical (unpaired) electrons. The lowest BCUT2D eigenvalue weighted by molar-refractivity contribution is -0.384. The number of phenols is 1. The highest BCUT2D eigenvalue weighted by molar-refractivity contribution is 5.82. The highest BCUT2D eigenvalue weighted by Crippen LogP contribution is 2.38. The van der Waals surface area contributed by atoms with Crippen LogP contribution < -0.4 is 9.47 Å². The molecule has 0 atom stereocenters. The lowest BCUT2D eigenvalue weighted by atomic mass is 10.1. The number of fused-ring (bicyclic) bond motifs is 2. The predicted molar refractivity (Wildman–Crippen MR) is 104 cm³/mol. The van der Waals surface area contributed by atoms with E-state index >= 15 is 0 Å². The first-order valence-corrected chi connectivity index (χ1v) is 8.83. The largest absolute Gasteiger partial charge is 0.507 e. The Morgan fingerprint density at radius 1 is 1.07 bits per heavy atom. The van der Waals surface area contributed by atoms with E-state index < -0.39 is 4.92 Å². The van der Waals surface area contributed by atoms with Crippen LogP contribution in [0.1, 0.15) is 0 Å². The van der Waals surface area contributed by atoms with Crippen LogP contribution in [0.15, 0.2) is 54.7 Å². The van der Waals surface area contributed by atoms with Crippen LogP contribution in [0.2, 0.25) is 0 Å². The van der Waals surface area contributed by atoms with Crippen LogP contribution in [0.4, 0.5) is 5.69 Å². The molecule has 2 aromatic carbocycles. The van der Waals surface area contributed by atoms with Crippen molar-refractivity contribution in [1.29, 1.82) is 0 Å². The number of rotatable bonds is 3. The average molecular weight is 390 g/mol. The molecule has 0 saturated heterocycles. The summed E-state index contributed by atoms with van der Waals surface area (Å²) in [5, 5.41) is 21.5. The number of nitro benzene ring substituents is 1. The zero-order valence-electron chi connectivity index (χ0n) is 15.0. The van der Waals surface area contributed by atoms with E-state index in [1.54, 1.807) is 22.9 Å². The van der Waals surface area contributed by atoms with Crippen molar-refractivity contribution in [2.75, 3.05) is 13.2 Å². The fourth-order valence-electron chi connectivity index (χ4n) is 3.33. The summed E-state index contributed by atoms with van der Waals surface area (Å²) < 4.78 is 13.0. The maximum absolute atomic E-state index is 11.0. The number of hydrogen-bond acceptors (Lipinski definition) is 7. The Balaban J connectivity index is 1.75. The van der Waals surface area contributed by atoms with Gasteiger partial charge in [0.2, 0.25) is 0 Å². The first-order valence-electron chi connectivity index (χ1n) is 8.83. The van der Waals surface area contributed by atoms with Crippen LogP contribution in [0.3, 0.4) is 0 Å². The number of nitro groups is 1. The number of imidazole rings is 1. The normalized spacial score (nSPS) is 12.8. The molecule has 0 bridgehead atoms. The minimum Gasteiger partial charge on any atom is -0.507 e. The molecule has 1 aliphatic rings. The summed E-state index contributed by atoms with van der Waals surface area (Å²) in [6, 6.07) is 12.9. The van der Waals surface area contributed by atoms with Gasteiger partial charge in [-0.05, 0) is 30.3 Å². The van der Waals surface area contributed by atoms with Crippen LogP contribution in [0.5, 0.6) is 17.2 Å². The van der Waals surface area contributed by atoms with Gasteiger partial charge in [0.15, 0.2) is 23.0 Å². The van der Waals surface area contributed by atoms with Gasteiger partial charge in [0.25, 0.3) is 5.69 Å². The molecule has 9 heteroatoms. The molecule has 29 heavy (non-hydrogen) atoms. The molecule has 4 aromatic rings. The molecule has 9 nitrogen and oxygen atoms in total. The number of benzene rings is 2. The average Bonchev–Trinajstić information content (AvgIpc) is 3.12. The first-order chi connectivity index (χ1) is 14.1. The van der Waals surface area contributed by atoms with Gasteiger partial charge in [-0.2, -0.15) is 0 Å². The second-order valence-electron chi connectivity index (χ2n) is 6.40. The Morgan fingerprint density at radius 3 is 2.69 bits per heavy atom. The Kier molecular flexibility index (Phi) is 3.80. The van der Waals surface area contributed by atoms with Gasteiger partial charge in [-0.1, -0.05) is 0 Å². The van der Waals surface area contributed by atoms with E-state index in [0.717, 1.165) is 6.07 Å². The Labute approximate surface area is 163 Å². The maximum atomic E-state index is 11.0. The van der Waals surface area contributed by atoms with Crippen molar-refractivity contribution >= 4 is 16.9 Å². The number of nitrogens with zero attached hydrogens (tertiary/aromatic N) is 4. The van der Waals surface area contributed by atoms with Crippen molar-refractivity contribution in [3.05, 3.63) is 64.8 Å². The first kappa shape index (κ1) is 17.0. The van der Waals surface area contributed by atoms with E-state index in [9.17, 15) is 15.2 Å². The van der Waals surface area contributed by atoms with Crippen LogP contribution in [0, 0.1) is 10.1 Å². The minimum absolute atomic E-state index is 0.202. The van der Waals surface area contributed by atoms with Gasteiger partial charge < -0.3 is 14.6 Å². The number of pyridine rings is 1. The molecule has 0 spiro atoms. The highest BCUT2D eigenvalue weighted by atomic mass is 16.6. The van der Waals surface area contributed by atoms with Crippen LogP contribution in [-0.4, -0.2) is 37.8 Å². The molecular weight excluding hydrogens is 376 g/mol. The van der Waals surface area contributed by atoms with Gasteiger partial charge >= 0.3 is 0 Å².